The lowest BCUT2D eigenvalue weighted by atomic mass is 10.2. The highest BCUT2D eigenvalue weighted by atomic mass is 32.2. The van der Waals surface area contributed by atoms with Crippen molar-refractivity contribution in [2.24, 2.45) is 11.8 Å². The second kappa shape index (κ2) is 4.69. The predicted molar refractivity (Wildman–Crippen MR) is 78.0 cm³/mol. The molecule has 7 nitrogen and oxygen atoms in total. The minimum Gasteiger partial charge on any atom is -0.306 e. The average Bonchev–Trinajstić information content (AvgIpc) is 3.06. The van der Waals surface area contributed by atoms with Crippen LogP contribution in [0.1, 0.15) is 19.8 Å². The Hall–Kier alpha value is -1.16. The van der Waals surface area contributed by atoms with Gasteiger partial charge in [-0.2, -0.15) is 9.29 Å². The van der Waals surface area contributed by atoms with Crippen LogP contribution >= 0.6 is 11.3 Å². The number of hydrogen-bond donors (Lipinski definition) is 2. The zero-order valence-electron chi connectivity index (χ0n) is 11.3. The Morgan fingerprint density at radius 1 is 1.60 bits per heavy atom. The highest BCUT2D eigenvalue weighted by molar-refractivity contribution is 7.89. The molecule has 1 aliphatic rings. The molecule has 3 N–H and O–H groups in total. The lowest BCUT2D eigenvalue weighted by molar-refractivity contribution is 0.355. The molecule has 0 aliphatic heterocycles. The Kier molecular flexibility index (Phi) is 3.24. The molecule has 2 aromatic rings. The lowest BCUT2D eigenvalue weighted by Gasteiger charge is -2.24. The van der Waals surface area contributed by atoms with Crippen LogP contribution in [0.4, 0.5) is 5.82 Å². The minimum atomic E-state index is -3.64. The number of nitrogens with two attached hydrogens (primary N) is 1. The zero-order valence-corrected chi connectivity index (χ0v) is 12.9. The number of hydrazine groups is 1. The number of rotatable bonds is 5. The zero-order chi connectivity index (χ0) is 14.5. The molecule has 0 radical (unpaired) electrons. The first kappa shape index (κ1) is 13.8. The summed E-state index contributed by atoms with van der Waals surface area (Å²) >= 11 is 1.37. The summed E-state index contributed by atoms with van der Waals surface area (Å²) in [4.78, 5) is 4.80. The van der Waals surface area contributed by atoms with E-state index in [-0.39, 0.29) is 16.9 Å². The SMILES string of the molecule is CC(C1CC1)N(C)S(=O)(=O)c1c(NN)nc2sccn12. The van der Waals surface area contributed by atoms with Crippen LogP contribution in [0.2, 0.25) is 0 Å². The molecular weight excluding hydrogens is 298 g/mol. The molecule has 0 aromatic carbocycles. The van der Waals surface area contributed by atoms with E-state index in [1.54, 1.807) is 23.0 Å². The number of imidazole rings is 1. The molecule has 3 rings (SSSR count). The number of hydrogen-bond acceptors (Lipinski definition) is 6. The Labute approximate surface area is 121 Å². The number of thiazole rings is 1. The Morgan fingerprint density at radius 3 is 2.90 bits per heavy atom. The topological polar surface area (TPSA) is 92.7 Å². The van der Waals surface area contributed by atoms with Gasteiger partial charge in [0.05, 0.1) is 0 Å². The largest absolute Gasteiger partial charge is 0.306 e. The third-order valence-corrected chi connectivity index (χ3v) is 6.58. The average molecular weight is 315 g/mol. The van der Waals surface area contributed by atoms with Crippen molar-refractivity contribution in [1.29, 1.82) is 0 Å². The van der Waals surface area contributed by atoms with E-state index in [1.807, 2.05) is 6.92 Å². The van der Waals surface area contributed by atoms with Crippen LogP contribution in [-0.4, -0.2) is 35.2 Å². The van der Waals surface area contributed by atoms with Crippen molar-refractivity contribution in [1.82, 2.24) is 13.7 Å². The Balaban J connectivity index is 2.09. The van der Waals surface area contributed by atoms with Gasteiger partial charge >= 0.3 is 0 Å². The maximum Gasteiger partial charge on any atom is 0.262 e. The molecule has 0 spiro atoms. The van der Waals surface area contributed by atoms with Crippen LogP contribution in [0.15, 0.2) is 16.6 Å². The number of fused-ring (bicyclic) bond motifs is 1. The number of nitrogens with one attached hydrogen (secondary N) is 1. The highest BCUT2D eigenvalue weighted by Gasteiger charge is 2.38. The van der Waals surface area contributed by atoms with Gasteiger partial charge in [-0.25, -0.2) is 14.3 Å². The van der Waals surface area contributed by atoms with E-state index in [2.05, 4.69) is 10.4 Å². The molecule has 0 bridgehead atoms. The third kappa shape index (κ3) is 2.01. The number of sulfonamides is 1. The summed E-state index contributed by atoms with van der Waals surface area (Å²) in [5.41, 5.74) is 2.38. The normalized spacial score (nSPS) is 17.8. The summed E-state index contributed by atoms with van der Waals surface area (Å²) in [6, 6.07) is -0.0187. The summed E-state index contributed by atoms with van der Waals surface area (Å²) in [7, 11) is -2.03. The van der Waals surface area contributed by atoms with E-state index >= 15 is 0 Å². The predicted octanol–water partition coefficient (Wildman–Crippen LogP) is 1.10. The molecule has 1 atom stereocenters. The van der Waals surface area contributed by atoms with Crippen molar-refractivity contribution in [3.63, 3.8) is 0 Å². The fourth-order valence-corrected chi connectivity index (χ4v) is 4.74. The van der Waals surface area contributed by atoms with Crippen molar-refractivity contribution in [2.75, 3.05) is 12.5 Å². The van der Waals surface area contributed by atoms with Gasteiger partial charge in [0.1, 0.15) is 0 Å². The highest BCUT2D eigenvalue weighted by Crippen LogP contribution is 2.37. The molecule has 0 amide bonds. The van der Waals surface area contributed by atoms with Gasteiger partial charge in [0.15, 0.2) is 10.8 Å². The molecule has 0 saturated heterocycles. The maximum absolute atomic E-state index is 12.8. The van der Waals surface area contributed by atoms with E-state index in [0.717, 1.165) is 12.8 Å². The van der Waals surface area contributed by atoms with Crippen molar-refractivity contribution in [3.8, 4) is 0 Å². The molecule has 1 fully saturated rings. The van der Waals surface area contributed by atoms with E-state index in [1.165, 1.54) is 15.6 Å². The quantitative estimate of drug-likeness (QED) is 0.637. The van der Waals surface area contributed by atoms with Gasteiger partial charge < -0.3 is 5.43 Å². The number of nitrogens with zero attached hydrogens (tertiary/aromatic N) is 3. The van der Waals surface area contributed by atoms with Crippen LogP contribution in [0, 0.1) is 5.92 Å². The van der Waals surface area contributed by atoms with Crippen LogP contribution in [0.5, 0.6) is 0 Å². The molecule has 1 unspecified atom stereocenters. The third-order valence-electron chi connectivity index (χ3n) is 3.86. The van der Waals surface area contributed by atoms with Crippen LogP contribution in [-0.2, 0) is 10.0 Å². The van der Waals surface area contributed by atoms with Gasteiger partial charge in [-0.05, 0) is 25.7 Å². The van der Waals surface area contributed by atoms with Gasteiger partial charge in [-0.3, -0.25) is 4.40 Å². The van der Waals surface area contributed by atoms with Crippen LogP contribution < -0.4 is 11.3 Å². The first-order valence-corrected chi connectivity index (χ1v) is 8.69. The van der Waals surface area contributed by atoms with Gasteiger partial charge in [0.25, 0.3) is 10.0 Å². The minimum absolute atomic E-state index is 0.0187. The monoisotopic (exact) mass is 315 g/mol. The maximum atomic E-state index is 12.8. The molecule has 20 heavy (non-hydrogen) atoms. The molecule has 2 aromatic heterocycles. The number of anilines is 1. The molecule has 110 valence electrons. The van der Waals surface area contributed by atoms with E-state index in [4.69, 9.17) is 5.84 Å². The first-order valence-electron chi connectivity index (χ1n) is 6.37. The van der Waals surface area contributed by atoms with Gasteiger partial charge in [0, 0.05) is 24.7 Å². The van der Waals surface area contributed by atoms with Crippen molar-refractivity contribution >= 4 is 32.1 Å². The van der Waals surface area contributed by atoms with E-state index in [9.17, 15) is 8.42 Å². The van der Waals surface area contributed by atoms with Gasteiger partial charge in [-0.15, -0.1) is 11.3 Å². The summed E-state index contributed by atoms with van der Waals surface area (Å²) in [6.45, 7) is 1.94. The van der Waals surface area contributed by atoms with Crippen LogP contribution in [0.3, 0.4) is 0 Å². The summed E-state index contributed by atoms with van der Waals surface area (Å²) in [6.07, 6.45) is 3.86. The molecule has 1 aliphatic carbocycles. The lowest BCUT2D eigenvalue weighted by Crippen LogP contribution is -2.37. The summed E-state index contributed by atoms with van der Waals surface area (Å²) in [5.74, 6) is 6.06. The Morgan fingerprint density at radius 2 is 2.30 bits per heavy atom. The number of aromatic nitrogens is 2. The van der Waals surface area contributed by atoms with Crippen molar-refractivity contribution in [3.05, 3.63) is 11.6 Å². The fourth-order valence-electron chi connectivity index (χ4n) is 2.34. The smallest absolute Gasteiger partial charge is 0.262 e. The molecular formula is C11H17N5O2S2. The standard InChI is InChI=1S/C11H17N5O2S2/c1-7(8-3-4-8)15(2)20(17,18)10-9(14-12)13-11-16(10)5-6-19-11/h5-8,14H,3-4,12H2,1-2H3. The first-order chi connectivity index (χ1) is 9.46. The Bertz CT molecular complexity index is 731. The molecule has 1 saturated carbocycles. The second-order valence-electron chi connectivity index (χ2n) is 5.06. The summed E-state index contributed by atoms with van der Waals surface area (Å²) < 4.78 is 28.6. The van der Waals surface area contributed by atoms with Crippen molar-refractivity contribution < 1.29 is 8.42 Å². The number of nitrogen functional groups attached to an aromatic ring is 1. The van der Waals surface area contributed by atoms with Crippen LogP contribution in [0.25, 0.3) is 4.96 Å². The van der Waals surface area contributed by atoms with E-state index in [0.29, 0.717) is 10.9 Å². The summed E-state index contributed by atoms with van der Waals surface area (Å²) in [5, 5.41) is 1.90. The molecule has 9 heteroatoms. The van der Waals surface area contributed by atoms with Crippen molar-refractivity contribution in [2.45, 2.75) is 30.8 Å². The molecule has 2 heterocycles. The second-order valence-corrected chi connectivity index (χ2v) is 7.85. The van der Waals surface area contributed by atoms with E-state index < -0.39 is 10.0 Å². The van der Waals surface area contributed by atoms with Gasteiger partial charge in [0.2, 0.25) is 5.03 Å². The fraction of sp³-hybridized carbons (Fsp3) is 0.545. The van der Waals surface area contributed by atoms with Gasteiger partial charge in [-0.1, -0.05) is 0 Å².